The molecule has 1 aliphatic heterocycles. The second-order valence-electron chi connectivity index (χ2n) is 4.46. The van der Waals surface area contributed by atoms with Crippen molar-refractivity contribution in [1.29, 1.82) is 0 Å². The molecule has 0 aliphatic carbocycles. The van der Waals surface area contributed by atoms with Gasteiger partial charge in [0.1, 0.15) is 5.78 Å². The van der Waals surface area contributed by atoms with Crippen LogP contribution >= 0.6 is 0 Å². The van der Waals surface area contributed by atoms with Crippen LogP contribution in [0.2, 0.25) is 0 Å². The molecule has 0 bridgehead atoms. The van der Waals surface area contributed by atoms with Crippen molar-refractivity contribution in [3.8, 4) is 0 Å². The first kappa shape index (κ1) is 11.7. The monoisotopic (exact) mass is 198 g/mol. The number of carbonyl (C=O) groups is 1. The smallest absolute Gasteiger partial charge is 0.136 e. The number of ketones is 1. The number of nitrogens with zero attached hydrogens (tertiary/aromatic N) is 1. The number of hydrogen-bond donors (Lipinski definition) is 1. The fourth-order valence-corrected chi connectivity index (χ4v) is 1.78. The van der Waals surface area contributed by atoms with Crippen molar-refractivity contribution < 1.29 is 4.79 Å². The number of Topliss-reactive ketones (excluding diaryl/α,β-unsaturated/α-hetero) is 1. The van der Waals surface area contributed by atoms with Gasteiger partial charge < -0.3 is 5.32 Å². The lowest BCUT2D eigenvalue weighted by atomic mass is 10.0. The van der Waals surface area contributed by atoms with E-state index in [9.17, 15) is 4.79 Å². The van der Waals surface area contributed by atoms with Gasteiger partial charge in [-0.1, -0.05) is 13.8 Å². The van der Waals surface area contributed by atoms with E-state index >= 15 is 0 Å². The van der Waals surface area contributed by atoms with E-state index < -0.39 is 0 Å². The van der Waals surface area contributed by atoms with Gasteiger partial charge in [0.25, 0.3) is 0 Å². The Morgan fingerprint density at radius 3 is 2.36 bits per heavy atom. The Kier molecular flexibility index (Phi) is 4.55. The van der Waals surface area contributed by atoms with Crippen molar-refractivity contribution in [3.05, 3.63) is 0 Å². The zero-order valence-corrected chi connectivity index (χ0v) is 9.55. The first-order chi connectivity index (χ1) is 6.61. The quantitative estimate of drug-likeness (QED) is 0.728. The molecular formula is C11H22N2O. The van der Waals surface area contributed by atoms with Crippen molar-refractivity contribution in [3.63, 3.8) is 0 Å². The second-order valence-corrected chi connectivity index (χ2v) is 4.46. The van der Waals surface area contributed by atoms with E-state index in [1.165, 1.54) is 0 Å². The maximum absolute atomic E-state index is 11.6. The molecule has 82 valence electrons. The highest BCUT2D eigenvalue weighted by molar-refractivity contribution is 5.80. The van der Waals surface area contributed by atoms with Crippen molar-refractivity contribution in [2.75, 3.05) is 26.2 Å². The lowest BCUT2D eigenvalue weighted by Crippen LogP contribution is -2.48. The Morgan fingerprint density at radius 2 is 1.86 bits per heavy atom. The Balaban J connectivity index is 2.32. The molecule has 0 aromatic carbocycles. The number of carbonyl (C=O) groups excluding carboxylic acids is 1. The molecule has 0 amide bonds. The highest BCUT2D eigenvalue weighted by Gasteiger charge is 2.19. The Bertz CT molecular complexity index is 186. The maximum atomic E-state index is 11.6. The van der Waals surface area contributed by atoms with Gasteiger partial charge >= 0.3 is 0 Å². The van der Waals surface area contributed by atoms with E-state index in [4.69, 9.17) is 0 Å². The van der Waals surface area contributed by atoms with Gasteiger partial charge in [-0.3, -0.25) is 9.69 Å². The molecule has 1 fully saturated rings. The predicted molar refractivity (Wildman–Crippen MR) is 58.4 cm³/mol. The predicted octanol–water partition coefficient (Wildman–Crippen LogP) is 0.895. The van der Waals surface area contributed by atoms with Crippen LogP contribution in [0.15, 0.2) is 0 Å². The van der Waals surface area contributed by atoms with Crippen LogP contribution < -0.4 is 5.32 Å². The normalized spacial score (nSPS) is 21.1. The summed E-state index contributed by atoms with van der Waals surface area (Å²) in [6.45, 7) is 10.4. The molecule has 1 unspecified atom stereocenters. The minimum Gasteiger partial charge on any atom is -0.314 e. The lowest BCUT2D eigenvalue weighted by molar-refractivity contribution is -0.123. The largest absolute Gasteiger partial charge is 0.314 e. The third-order valence-corrected chi connectivity index (χ3v) is 2.92. The van der Waals surface area contributed by atoms with E-state index in [2.05, 4.69) is 17.1 Å². The molecule has 1 N–H and O–H groups in total. The molecule has 1 atom stereocenters. The van der Waals surface area contributed by atoms with Crippen LogP contribution in [0.3, 0.4) is 0 Å². The SMILES string of the molecule is CC(C)C(=O)CC(C)N1CCNCC1. The van der Waals surface area contributed by atoms with Gasteiger partial charge in [0.05, 0.1) is 0 Å². The summed E-state index contributed by atoms with van der Waals surface area (Å²) in [5, 5.41) is 3.32. The van der Waals surface area contributed by atoms with Gasteiger partial charge in [0.15, 0.2) is 0 Å². The number of piperazine rings is 1. The maximum Gasteiger partial charge on any atom is 0.136 e. The molecule has 3 heteroatoms. The summed E-state index contributed by atoms with van der Waals surface area (Å²) in [4.78, 5) is 14.0. The highest BCUT2D eigenvalue weighted by atomic mass is 16.1. The fraction of sp³-hybridized carbons (Fsp3) is 0.909. The number of nitrogens with one attached hydrogen (secondary N) is 1. The summed E-state index contributed by atoms with van der Waals surface area (Å²) in [6, 6.07) is 0.409. The third-order valence-electron chi connectivity index (χ3n) is 2.92. The van der Waals surface area contributed by atoms with Crippen LogP contribution in [0.1, 0.15) is 27.2 Å². The van der Waals surface area contributed by atoms with Crippen molar-refractivity contribution in [2.45, 2.75) is 33.2 Å². The second kappa shape index (κ2) is 5.47. The molecule has 0 spiro atoms. The van der Waals surface area contributed by atoms with Crippen LogP contribution in [0, 0.1) is 5.92 Å². The van der Waals surface area contributed by atoms with Gasteiger partial charge in [0, 0.05) is 44.6 Å². The Hall–Kier alpha value is -0.410. The molecule has 1 saturated heterocycles. The average Bonchev–Trinajstić information content (AvgIpc) is 2.19. The standard InChI is InChI=1S/C11H22N2O/c1-9(2)11(14)8-10(3)13-6-4-12-5-7-13/h9-10,12H,4-8H2,1-3H3. The van der Waals surface area contributed by atoms with Crippen molar-refractivity contribution in [1.82, 2.24) is 10.2 Å². The van der Waals surface area contributed by atoms with Crippen LogP contribution in [0.4, 0.5) is 0 Å². The molecule has 1 heterocycles. The van der Waals surface area contributed by atoms with E-state index in [0.717, 1.165) is 26.2 Å². The van der Waals surface area contributed by atoms with Crippen molar-refractivity contribution >= 4 is 5.78 Å². The van der Waals surface area contributed by atoms with E-state index in [1.807, 2.05) is 13.8 Å². The van der Waals surface area contributed by atoms with Crippen LogP contribution in [-0.4, -0.2) is 42.9 Å². The molecule has 3 nitrogen and oxygen atoms in total. The highest BCUT2D eigenvalue weighted by Crippen LogP contribution is 2.09. The van der Waals surface area contributed by atoms with Crippen molar-refractivity contribution in [2.24, 2.45) is 5.92 Å². The molecule has 1 aliphatic rings. The van der Waals surface area contributed by atoms with E-state index in [1.54, 1.807) is 0 Å². The summed E-state index contributed by atoms with van der Waals surface area (Å²) >= 11 is 0. The van der Waals surface area contributed by atoms with E-state index in [0.29, 0.717) is 18.2 Å². The molecule has 0 saturated carbocycles. The summed E-state index contributed by atoms with van der Waals surface area (Å²) in [5.41, 5.74) is 0. The first-order valence-electron chi connectivity index (χ1n) is 5.58. The van der Waals surface area contributed by atoms with Crippen LogP contribution in [-0.2, 0) is 4.79 Å². The summed E-state index contributed by atoms with van der Waals surface area (Å²) in [5.74, 6) is 0.566. The summed E-state index contributed by atoms with van der Waals surface area (Å²) in [7, 11) is 0. The first-order valence-corrected chi connectivity index (χ1v) is 5.58. The zero-order valence-electron chi connectivity index (χ0n) is 9.55. The Labute approximate surface area is 86.9 Å². The minimum atomic E-state index is 0.181. The van der Waals surface area contributed by atoms with Crippen LogP contribution in [0.5, 0.6) is 0 Å². The van der Waals surface area contributed by atoms with Gasteiger partial charge in [-0.15, -0.1) is 0 Å². The minimum absolute atomic E-state index is 0.181. The van der Waals surface area contributed by atoms with Gasteiger partial charge in [-0.25, -0.2) is 0 Å². The van der Waals surface area contributed by atoms with Crippen LogP contribution in [0.25, 0.3) is 0 Å². The Morgan fingerprint density at radius 1 is 1.29 bits per heavy atom. The molecule has 0 aromatic rings. The molecule has 14 heavy (non-hydrogen) atoms. The fourth-order valence-electron chi connectivity index (χ4n) is 1.78. The molecule has 0 aromatic heterocycles. The zero-order chi connectivity index (χ0) is 10.6. The van der Waals surface area contributed by atoms with E-state index in [-0.39, 0.29) is 5.92 Å². The third kappa shape index (κ3) is 3.39. The summed E-state index contributed by atoms with van der Waals surface area (Å²) < 4.78 is 0. The number of rotatable bonds is 4. The van der Waals surface area contributed by atoms with Gasteiger partial charge in [-0.05, 0) is 6.92 Å². The lowest BCUT2D eigenvalue weighted by Gasteiger charge is -2.32. The van der Waals surface area contributed by atoms with Gasteiger partial charge in [-0.2, -0.15) is 0 Å². The topological polar surface area (TPSA) is 32.3 Å². The molecule has 1 rings (SSSR count). The molecular weight excluding hydrogens is 176 g/mol. The number of hydrogen-bond acceptors (Lipinski definition) is 3. The summed E-state index contributed by atoms with van der Waals surface area (Å²) in [6.07, 6.45) is 0.706. The van der Waals surface area contributed by atoms with Gasteiger partial charge in [0.2, 0.25) is 0 Å². The molecule has 0 radical (unpaired) electrons. The average molecular weight is 198 g/mol.